The summed E-state index contributed by atoms with van der Waals surface area (Å²) in [6.07, 6.45) is 7.71. The van der Waals surface area contributed by atoms with Gasteiger partial charge in [-0.1, -0.05) is 66.2 Å². The van der Waals surface area contributed by atoms with Gasteiger partial charge in [0.2, 0.25) is 0 Å². The zero-order valence-electron chi connectivity index (χ0n) is 18.2. The summed E-state index contributed by atoms with van der Waals surface area (Å²) in [6, 6.07) is 0. The molecule has 0 N–H and O–H groups in total. The summed E-state index contributed by atoms with van der Waals surface area (Å²) < 4.78 is 36.6. The van der Waals surface area contributed by atoms with Gasteiger partial charge in [-0.25, -0.2) is 8.42 Å². The fourth-order valence-electron chi connectivity index (χ4n) is 2.75. The van der Waals surface area contributed by atoms with Gasteiger partial charge < -0.3 is 9.47 Å². The van der Waals surface area contributed by atoms with Gasteiger partial charge in [0, 0.05) is 12.0 Å². The first kappa shape index (κ1) is 28.2. The van der Waals surface area contributed by atoms with Crippen molar-refractivity contribution in [2.24, 2.45) is 11.8 Å². The SMILES string of the molecule is CCCCC(CC)COC(=O)CC(SO[SH](=O)=O)C(=O)OCC(CC)CCCC. The molecule has 0 aliphatic heterocycles. The third-order valence-electron chi connectivity index (χ3n) is 4.86. The number of hydrogen-bond donors (Lipinski definition) is 1. The van der Waals surface area contributed by atoms with Crippen LogP contribution in [-0.4, -0.2) is 38.8 Å². The highest BCUT2D eigenvalue weighted by atomic mass is 32.2. The lowest BCUT2D eigenvalue weighted by atomic mass is 10.0. The molecule has 9 heteroatoms. The smallest absolute Gasteiger partial charge is 0.322 e. The van der Waals surface area contributed by atoms with Crippen molar-refractivity contribution < 1.29 is 31.1 Å². The van der Waals surface area contributed by atoms with Crippen molar-refractivity contribution in [2.45, 2.75) is 90.7 Å². The summed E-state index contributed by atoms with van der Waals surface area (Å²) in [5.74, 6) is -0.681. The fourth-order valence-corrected chi connectivity index (χ4v) is 3.80. The van der Waals surface area contributed by atoms with Gasteiger partial charge in [0.05, 0.1) is 19.6 Å². The van der Waals surface area contributed by atoms with Crippen LogP contribution in [0.15, 0.2) is 0 Å². The van der Waals surface area contributed by atoms with Crippen molar-refractivity contribution >= 4 is 35.0 Å². The lowest BCUT2D eigenvalue weighted by molar-refractivity contribution is -0.151. The van der Waals surface area contributed by atoms with E-state index in [2.05, 4.69) is 17.5 Å². The minimum absolute atomic E-state index is 0.248. The average Bonchev–Trinajstić information content (AvgIpc) is 2.70. The third-order valence-corrected chi connectivity index (χ3v) is 6.29. The largest absolute Gasteiger partial charge is 0.465 e. The summed E-state index contributed by atoms with van der Waals surface area (Å²) in [6.45, 7) is 8.84. The van der Waals surface area contributed by atoms with Crippen LogP contribution in [0.2, 0.25) is 0 Å². The van der Waals surface area contributed by atoms with E-state index >= 15 is 0 Å². The normalized spacial score (nSPS) is 14.4. The number of unbranched alkanes of at least 4 members (excludes halogenated alkanes) is 2. The summed E-state index contributed by atoms with van der Waals surface area (Å²) >= 11 is 0.426. The van der Waals surface area contributed by atoms with Gasteiger partial charge >= 0.3 is 11.9 Å². The van der Waals surface area contributed by atoms with Crippen LogP contribution >= 0.6 is 12.0 Å². The maximum absolute atomic E-state index is 12.4. The predicted octanol–water partition coefficient (Wildman–Crippen LogP) is 4.46. The van der Waals surface area contributed by atoms with Crippen molar-refractivity contribution in [3.8, 4) is 0 Å². The molecule has 3 unspecified atom stereocenters. The average molecular weight is 455 g/mol. The Labute approximate surface area is 182 Å². The molecular weight excluding hydrogens is 416 g/mol. The zero-order valence-corrected chi connectivity index (χ0v) is 19.9. The molecular formula is C20H38O7S2. The van der Waals surface area contributed by atoms with Crippen LogP contribution in [0.3, 0.4) is 0 Å². The summed E-state index contributed by atoms with van der Waals surface area (Å²) in [7, 11) is -3.14. The van der Waals surface area contributed by atoms with E-state index in [0.717, 1.165) is 51.4 Å². The summed E-state index contributed by atoms with van der Waals surface area (Å²) in [5.41, 5.74) is 0. The Hall–Kier alpha value is -0.800. The molecule has 0 bridgehead atoms. The topological polar surface area (TPSA) is 96.0 Å². The minimum atomic E-state index is -3.14. The van der Waals surface area contributed by atoms with Gasteiger partial charge in [0.1, 0.15) is 5.25 Å². The van der Waals surface area contributed by atoms with E-state index in [0.29, 0.717) is 18.6 Å². The highest BCUT2D eigenvalue weighted by molar-refractivity contribution is 8.01. The van der Waals surface area contributed by atoms with Crippen LogP contribution < -0.4 is 0 Å². The molecule has 0 saturated heterocycles. The first-order chi connectivity index (χ1) is 13.9. The molecule has 0 rings (SSSR count). The van der Waals surface area contributed by atoms with Crippen LogP contribution in [0.5, 0.6) is 0 Å². The Kier molecular flexibility index (Phi) is 17.5. The van der Waals surface area contributed by atoms with Gasteiger partial charge in [-0.3, -0.25) is 9.59 Å². The Balaban J connectivity index is 4.68. The Morgan fingerprint density at radius 1 is 0.862 bits per heavy atom. The minimum Gasteiger partial charge on any atom is -0.465 e. The van der Waals surface area contributed by atoms with E-state index in [4.69, 9.17) is 9.47 Å². The van der Waals surface area contributed by atoms with E-state index in [9.17, 15) is 18.0 Å². The van der Waals surface area contributed by atoms with Crippen LogP contribution in [-0.2, 0) is 33.7 Å². The molecule has 0 spiro atoms. The molecule has 29 heavy (non-hydrogen) atoms. The van der Waals surface area contributed by atoms with Crippen molar-refractivity contribution in [3.05, 3.63) is 0 Å². The zero-order chi connectivity index (χ0) is 22.1. The van der Waals surface area contributed by atoms with Crippen molar-refractivity contribution in [1.29, 1.82) is 0 Å². The number of carbonyl (C=O) groups excluding carboxylic acids is 2. The molecule has 0 aliphatic rings. The second kappa shape index (κ2) is 18.0. The Morgan fingerprint density at radius 3 is 1.83 bits per heavy atom. The standard InChI is InChI=1S/C20H38O7S2/c1-5-9-11-16(7-3)14-25-19(21)13-18(28-27-29(23)24)20(22)26-15-17(8-4)12-10-6-2/h16-18,29H,5-15H2,1-4H3. The molecule has 0 radical (unpaired) electrons. The number of rotatable bonds is 18. The molecule has 0 aromatic carbocycles. The summed E-state index contributed by atoms with van der Waals surface area (Å²) in [5, 5.41) is -1.07. The van der Waals surface area contributed by atoms with E-state index in [1.165, 1.54) is 0 Å². The fraction of sp³-hybridized carbons (Fsp3) is 0.900. The Bertz CT molecular complexity index is 515. The number of hydrogen-bond acceptors (Lipinski definition) is 8. The monoisotopic (exact) mass is 454 g/mol. The molecule has 0 saturated carbocycles. The quantitative estimate of drug-likeness (QED) is 0.184. The van der Waals surface area contributed by atoms with Crippen LogP contribution in [0.1, 0.15) is 85.5 Å². The number of thiol groups is 1. The maximum Gasteiger partial charge on any atom is 0.322 e. The Morgan fingerprint density at radius 2 is 1.38 bits per heavy atom. The van der Waals surface area contributed by atoms with Gasteiger partial charge in [-0.05, 0) is 24.7 Å². The van der Waals surface area contributed by atoms with Gasteiger partial charge in [-0.15, -0.1) is 0 Å². The van der Waals surface area contributed by atoms with E-state index in [1.54, 1.807) is 0 Å². The highest BCUT2D eigenvalue weighted by Gasteiger charge is 2.27. The highest BCUT2D eigenvalue weighted by Crippen LogP contribution is 2.21. The second-order valence-electron chi connectivity index (χ2n) is 7.23. The van der Waals surface area contributed by atoms with Crippen molar-refractivity contribution in [3.63, 3.8) is 0 Å². The van der Waals surface area contributed by atoms with Crippen molar-refractivity contribution in [1.82, 2.24) is 0 Å². The maximum atomic E-state index is 12.4. The molecule has 172 valence electrons. The van der Waals surface area contributed by atoms with E-state index < -0.39 is 28.2 Å². The molecule has 0 heterocycles. The van der Waals surface area contributed by atoms with Gasteiger partial charge in [0.25, 0.3) is 11.0 Å². The number of esters is 2. The first-order valence-electron chi connectivity index (χ1n) is 10.7. The predicted molar refractivity (Wildman–Crippen MR) is 116 cm³/mol. The lowest BCUT2D eigenvalue weighted by Gasteiger charge is -2.18. The van der Waals surface area contributed by atoms with E-state index in [1.807, 2.05) is 13.8 Å². The lowest BCUT2D eigenvalue weighted by Crippen LogP contribution is -2.27. The molecule has 7 nitrogen and oxygen atoms in total. The van der Waals surface area contributed by atoms with Gasteiger partial charge in [-0.2, -0.15) is 3.63 Å². The molecule has 3 atom stereocenters. The second-order valence-corrected chi connectivity index (χ2v) is 9.04. The van der Waals surface area contributed by atoms with Crippen LogP contribution in [0.25, 0.3) is 0 Å². The van der Waals surface area contributed by atoms with E-state index in [-0.39, 0.29) is 24.9 Å². The number of ether oxygens (including phenoxy) is 2. The van der Waals surface area contributed by atoms with Crippen LogP contribution in [0.4, 0.5) is 0 Å². The molecule has 0 aliphatic carbocycles. The first-order valence-corrected chi connectivity index (χ1v) is 12.6. The third kappa shape index (κ3) is 14.8. The molecule has 0 fully saturated rings. The molecule has 0 aromatic rings. The van der Waals surface area contributed by atoms with Crippen LogP contribution in [0, 0.1) is 11.8 Å². The van der Waals surface area contributed by atoms with Crippen molar-refractivity contribution in [2.75, 3.05) is 13.2 Å². The molecule has 0 amide bonds. The van der Waals surface area contributed by atoms with Gasteiger partial charge in [0.15, 0.2) is 0 Å². The number of carbonyl (C=O) groups is 2. The molecule has 0 aromatic heterocycles. The summed E-state index contributed by atoms with van der Waals surface area (Å²) in [4.78, 5) is 24.6.